The van der Waals surface area contributed by atoms with Crippen LogP contribution < -0.4 is 0 Å². The first-order chi connectivity index (χ1) is 14.0. The number of methoxy groups -OCH3 is 1. The molecule has 29 heavy (non-hydrogen) atoms. The van der Waals surface area contributed by atoms with E-state index in [4.69, 9.17) is 9.26 Å². The lowest BCUT2D eigenvalue weighted by molar-refractivity contribution is 0.108. The highest BCUT2D eigenvalue weighted by Crippen LogP contribution is 2.43. The van der Waals surface area contributed by atoms with Crippen LogP contribution in [-0.2, 0) is 31.0 Å². The molecule has 9 heteroatoms. The summed E-state index contributed by atoms with van der Waals surface area (Å²) >= 11 is 0. The van der Waals surface area contributed by atoms with E-state index in [1.165, 1.54) is 11.3 Å². The summed E-state index contributed by atoms with van der Waals surface area (Å²) in [5, 5.41) is 18.9. The molecule has 0 saturated carbocycles. The predicted octanol–water partition coefficient (Wildman–Crippen LogP) is 0.976. The van der Waals surface area contributed by atoms with E-state index in [-0.39, 0.29) is 12.0 Å². The molecule has 2 aliphatic rings. The smallest absolute Gasteiger partial charge is 0.240 e. The highest BCUT2D eigenvalue weighted by atomic mass is 16.5. The molecule has 4 heterocycles. The summed E-state index contributed by atoms with van der Waals surface area (Å²) in [6, 6.07) is 0. The Morgan fingerprint density at radius 3 is 2.52 bits per heavy atom. The third-order valence-corrected chi connectivity index (χ3v) is 6.57. The van der Waals surface area contributed by atoms with Crippen LogP contribution in [0.2, 0.25) is 0 Å². The van der Waals surface area contributed by atoms with Gasteiger partial charge in [0.1, 0.15) is 6.61 Å². The van der Waals surface area contributed by atoms with Gasteiger partial charge >= 0.3 is 0 Å². The van der Waals surface area contributed by atoms with Crippen molar-refractivity contribution in [2.75, 3.05) is 39.9 Å². The van der Waals surface area contributed by atoms with Crippen LogP contribution in [0.15, 0.2) is 4.52 Å². The van der Waals surface area contributed by atoms with Gasteiger partial charge in [0.25, 0.3) is 0 Å². The van der Waals surface area contributed by atoms with Gasteiger partial charge in [0.15, 0.2) is 5.82 Å². The maximum Gasteiger partial charge on any atom is 0.240 e. The van der Waals surface area contributed by atoms with E-state index in [1.54, 1.807) is 7.11 Å². The highest BCUT2D eigenvalue weighted by Gasteiger charge is 2.52. The van der Waals surface area contributed by atoms with Crippen LogP contribution in [-0.4, -0.2) is 74.7 Å². The van der Waals surface area contributed by atoms with Crippen molar-refractivity contribution in [1.29, 1.82) is 0 Å². The van der Waals surface area contributed by atoms with Crippen LogP contribution in [0.4, 0.5) is 0 Å². The second kappa shape index (κ2) is 8.14. The minimum absolute atomic E-state index is 0.0854. The monoisotopic (exact) mass is 404 g/mol. The molecule has 0 aromatic carbocycles. The number of likely N-dealkylation sites (tertiary alicyclic amines) is 2. The van der Waals surface area contributed by atoms with E-state index in [1.807, 2.05) is 0 Å². The van der Waals surface area contributed by atoms with Gasteiger partial charge in [-0.3, -0.25) is 14.5 Å². The number of hydrogen-bond acceptors (Lipinski definition) is 8. The first-order valence-electron chi connectivity index (χ1n) is 10.4. The first kappa shape index (κ1) is 20.5. The summed E-state index contributed by atoms with van der Waals surface area (Å²) in [7, 11) is 1.62. The largest absolute Gasteiger partial charge is 0.396 e. The van der Waals surface area contributed by atoms with Gasteiger partial charge in [-0.1, -0.05) is 5.16 Å². The van der Waals surface area contributed by atoms with Crippen LogP contribution >= 0.6 is 0 Å². The maximum absolute atomic E-state index is 10.3. The van der Waals surface area contributed by atoms with Gasteiger partial charge in [-0.25, -0.2) is 0 Å². The first-order valence-corrected chi connectivity index (χ1v) is 10.4. The predicted molar refractivity (Wildman–Crippen MR) is 106 cm³/mol. The molecule has 0 aliphatic carbocycles. The zero-order valence-corrected chi connectivity index (χ0v) is 17.9. The second-order valence-corrected chi connectivity index (χ2v) is 8.56. The number of aromatic nitrogens is 4. The second-order valence-electron chi connectivity index (χ2n) is 8.56. The molecule has 2 unspecified atom stereocenters. The standard InChI is InChI=1S/C20H32N6O3/c1-5-26-15(3)17(14(2)22-26)8-24-6-16-7-25(12-20(16,11-24)13-27)9-19-21-18(10-28-4)23-29-19/h16,27H,5-13H2,1-4H3. The van der Waals surface area contributed by atoms with Gasteiger partial charge in [0.2, 0.25) is 5.89 Å². The Morgan fingerprint density at radius 1 is 1.21 bits per heavy atom. The number of fused-ring (bicyclic) bond motifs is 1. The fourth-order valence-electron chi connectivity index (χ4n) is 5.09. The van der Waals surface area contributed by atoms with E-state index in [9.17, 15) is 5.11 Å². The minimum atomic E-state index is -0.0854. The number of rotatable bonds is 8. The SMILES string of the molecule is CCn1nc(C)c(CN2CC3CN(Cc4nc(COC)no4)CC3(CO)C2)c1C. The Balaban J connectivity index is 1.40. The fourth-order valence-corrected chi connectivity index (χ4v) is 5.09. The van der Waals surface area contributed by atoms with Crippen molar-refractivity contribution in [1.82, 2.24) is 29.7 Å². The molecule has 2 saturated heterocycles. The van der Waals surface area contributed by atoms with Crippen LogP contribution in [0.25, 0.3) is 0 Å². The van der Waals surface area contributed by atoms with Crippen molar-refractivity contribution in [2.45, 2.75) is 47.0 Å². The van der Waals surface area contributed by atoms with Crippen molar-refractivity contribution in [3.05, 3.63) is 28.7 Å². The van der Waals surface area contributed by atoms with Gasteiger partial charge in [-0.2, -0.15) is 10.1 Å². The lowest BCUT2D eigenvalue weighted by Crippen LogP contribution is -2.37. The van der Waals surface area contributed by atoms with Crippen LogP contribution in [0.5, 0.6) is 0 Å². The van der Waals surface area contributed by atoms with E-state index >= 15 is 0 Å². The molecule has 0 spiro atoms. The highest BCUT2D eigenvalue weighted by molar-refractivity contribution is 5.25. The lowest BCUT2D eigenvalue weighted by Gasteiger charge is -2.27. The van der Waals surface area contributed by atoms with Crippen molar-refractivity contribution >= 4 is 0 Å². The molecule has 0 radical (unpaired) electrons. The molecule has 0 amide bonds. The summed E-state index contributed by atoms with van der Waals surface area (Å²) in [6.45, 7) is 13.0. The molecule has 2 aromatic rings. The van der Waals surface area contributed by atoms with Crippen LogP contribution in [0.3, 0.4) is 0 Å². The molecule has 9 nitrogen and oxygen atoms in total. The van der Waals surface area contributed by atoms with Crippen molar-refractivity contribution in [3.63, 3.8) is 0 Å². The van der Waals surface area contributed by atoms with Crippen LogP contribution in [0, 0.1) is 25.2 Å². The number of nitrogens with zero attached hydrogens (tertiary/aromatic N) is 6. The Kier molecular flexibility index (Phi) is 5.74. The number of hydrogen-bond donors (Lipinski definition) is 1. The molecule has 2 atom stereocenters. The quantitative estimate of drug-likeness (QED) is 0.696. The van der Waals surface area contributed by atoms with Gasteiger partial charge in [-0.15, -0.1) is 0 Å². The van der Waals surface area contributed by atoms with Gasteiger partial charge in [0.05, 0.1) is 18.8 Å². The summed E-state index contributed by atoms with van der Waals surface area (Å²) in [5.74, 6) is 1.62. The molecule has 0 bridgehead atoms. The number of ether oxygens (including phenoxy) is 1. The average molecular weight is 405 g/mol. The zero-order valence-electron chi connectivity index (χ0n) is 17.9. The minimum Gasteiger partial charge on any atom is -0.396 e. The Bertz CT molecular complexity index is 849. The fraction of sp³-hybridized carbons (Fsp3) is 0.750. The van der Waals surface area contributed by atoms with E-state index in [0.717, 1.165) is 45.0 Å². The number of aliphatic hydroxyl groups excluding tert-OH is 1. The molecule has 2 fully saturated rings. The third-order valence-electron chi connectivity index (χ3n) is 6.57. The third kappa shape index (κ3) is 3.84. The maximum atomic E-state index is 10.3. The molecular weight excluding hydrogens is 372 g/mol. The van der Waals surface area contributed by atoms with Crippen molar-refractivity contribution in [2.24, 2.45) is 11.3 Å². The normalized spacial score (nSPS) is 25.2. The summed E-state index contributed by atoms with van der Waals surface area (Å²) in [4.78, 5) is 9.19. The van der Waals surface area contributed by atoms with Gasteiger partial charge in [0, 0.05) is 63.1 Å². The summed E-state index contributed by atoms with van der Waals surface area (Å²) in [5.41, 5.74) is 3.61. The molecular formula is C20H32N6O3. The Morgan fingerprint density at radius 2 is 1.93 bits per heavy atom. The molecule has 1 N–H and O–H groups in total. The number of aliphatic hydroxyl groups is 1. The van der Waals surface area contributed by atoms with Crippen molar-refractivity contribution < 1.29 is 14.4 Å². The van der Waals surface area contributed by atoms with Crippen molar-refractivity contribution in [3.8, 4) is 0 Å². The Hall–Kier alpha value is -1.81. The topological polar surface area (TPSA) is 92.7 Å². The molecule has 160 valence electrons. The van der Waals surface area contributed by atoms with E-state index in [2.05, 4.69) is 50.5 Å². The molecule has 2 aromatic heterocycles. The van der Waals surface area contributed by atoms with Gasteiger partial charge in [-0.05, 0) is 26.7 Å². The van der Waals surface area contributed by atoms with Gasteiger partial charge < -0.3 is 14.4 Å². The van der Waals surface area contributed by atoms with E-state index in [0.29, 0.717) is 30.8 Å². The molecule has 4 rings (SSSR count). The van der Waals surface area contributed by atoms with Crippen LogP contribution in [0.1, 0.15) is 35.6 Å². The average Bonchev–Trinajstić information content (AvgIpc) is 3.41. The zero-order chi connectivity index (χ0) is 20.6. The van der Waals surface area contributed by atoms with E-state index < -0.39 is 0 Å². The number of aryl methyl sites for hydroxylation is 2. The lowest BCUT2D eigenvalue weighted by atomic mass is 9.82. The summed E-state index contributed by atoms with van der Waals surface area (Å²) in [6.07, 6.45) is 0. The summed E-state index contributed by atoms with van der Waals surface area (Å²) < 4.78 is 12.5. The Labute approximate surface area is 171 Å². The molecule has 2 aliphatic heterocycles.